The molecule has 0 radical (unpaired) electrons. The second-order valence-electron chi connectivity index (χ2n) is 30.0. The lowest BCUT2D eigenvalue weighted by Gasteiger charge is -2.53. The Morgan fingerprint density at radius 2 is 0.568 bits per heavy atom. The molecular weight excluding hydrogens is 944 g/mol. The largest absolute Gasteiger partial charge is 0.459 e. The lowest BCUT2D eigenvalue weighted by molar-refractivity contribution is -0.0737. The van der Waals surface area contributed by atoms with E-state index < -0.39 is 138 Å². The molecule has 6 rings (SSSR count). The number of hydrogen-bond acceptors (Lipinski definition) is 14. The van der Waals surface area contributed by atoms with Gasteiger partial charge in [0, 0.05) is 95.7 Å². The number of ether oxygens (including phenoxy) is 5. The van der Waals surface area contributed by atoms with Crippen LogP contribution in [0.3, 0.4) is 0 Å². The van der Waals surface area contributed by atoms with Crippen molar-refractivity contribution in [1.82, 2.24) is 20.4 Å². The maximum atomic E-state index is 18.8. The van der Waals surface area contributed by atoms with Crippen molar-refractivity contribution in [1.29, 1.82) is 0 Å². The molecule has 0 bridgehead atoms. The summed E-state index contributed by atoms with van der Waals surface area (Å²) < 4.78 is 50.7. The molecule has 1 aromatic rings. The number of piperidine rings is 4. The molecule has 0 unspecified atom stereocenters. The average molecular weight is 1040 g/mol. The number of likely N-dealkylation sites (tertiary alicyclic amines) is 2. The van der Waals surface area contributed by atoms with Gasteiger partial charge in [-0.2, -0.15) is 0 Å². The number of nitrogens with zero attached hydrogens (tertiary/aromatic N) is 2. The van der Waals surface area contributed by atoms with Gasteiger partial charge in [0.25, 0.3) is 0 Å². The van der Waals surface area contributed by atoms with Gasteiger partial charge >= 0.3 is 29.8 Å². The Morgan fingerprint density at radius 1 is 0.365 bits per heavy atom. The monoisotopic (exact) mass is 1040 g/mol. The average Bonchev–Trinajstić information content (AvgIpc) is 3.13. The number of nitrogens with one attached hydrogen (secondary N) is 2. The Balaban J connectivity index is 1.66. The van der Waals surface area contributed by atoms with Crippen LogP contribution in [-0.4, -0.2) is 129 Å². The number of carbonyl (C=O) groups excluding carboxylic acids is 5. The van der Waals surface area contributed by atoms with Crippen LogP contribution < -0.4 is 10.6 Å². The van der Waals surface area contributed by atoms with Gasteiger partial charge in [0.15, 0.2) is 5.82 Å². The quantitative estimate of drug-likeness (QED) is 0.168. The van der Waals surface area contributed by atoms with Crippen molar-refractivity contribution in [3.05, 3.63) is 33.6 Å². The molecule has 1 aromatic carbocycles. The minimum Gasteiger partial charge on any atom is -0.459 e. The molecule has 0 amide bonds. The van der Waals surface area contributed by atoms with E-state index >= 15 is 28.4 Å². The van der Waals surface area contributed by atoms with Crippen molar-refractivity contribution in [3.63, 3.8) is 0 Å². The maximum Gasteiger partial charge on any atom is 0.342 e. The molecule has 74 heavy (non-hydrogen) atoms. The van der Waals surface area contributed by atoms with E-state index in [-0.39, 0.29) is 10.8 Å². The fraction of sp³-hybridized carbons (Fsp3) is 0.814. The molecule has 4 aliphatic heterocycles. The third-order valence-electron chi connectivity index (χ3n) is 17.2. The van der Waals surface area contributed by atoms with E-state index in [1.165, 1.54) is 0 Å². The summed E-state index contributed by atoms with van der Waals surface area (Å²) in [5.74, 6) is -7.84. The van der Waals surface area contributed by atoms with E-state index in [0.29, 0.717) is 64.2 Å². The second kappa shape index (κ2) is 19.7. The molecule has 5 aliphatic rings. The van der Waals surface area contributed by atoms with Crippen LogP contribution in [0, 0.1) is 16.6 Å². The predicted molar refractivity (Wildman–Crippen MR) is 285 cm³/mol. The molecule has 1 saturated carbocycles. The van der Waals surface area contributed by atoms with Gasteiger partial charge in [-0.05, 0) is 155 Å². The number of hydrogen-bond donors (Lipinski definition) is 2. The van der Waals surface area contributed by atoms with Crippen molar-refractivity contribution < 1.29 is 52.0 Å². The first-order valence-electron chi connectivity index (χ1n) is 27.3. The molecule has 15 heteroatoms. The summed E-state index contributed by atoms with van der Waals surface area (Å²) in [6.45, 7) is 40.3. The third kappa shape index (κ3) is 13.4. The fourth-order valence-corrected chi connectivity index (χ4v) is 14.9. The molecule has 5 fully saturated rings. The lowest BCUT2D eigenvalue weighted by Crippen LogP contribution is -2.60. The minimum absolute atomic E-state index is 0.290. The highest BCUT2D eigenvalue weighted by Crippen LogP contribution is 2.48. The molecule has 4 saturated heterocycles. The molecule has 2 N–H and O–H groups in total. The summed E-state index contributed by atoms with van der Waals surface area (Å²) >= 11 is 0. The Morgan fingerprint density at radius 3 is 0.824 bits per heavy atom. The van der Waals surface area contributed by atoms with E-state index in [9.17, 15) is 0 Å². The number of carbonyl (C=O) groups is 5. The van der Waals surface area contributed by atoms with Crippen LogP contribution in [0.2, 0.25) is 0 Å². The summed E-state index contributed by atoms with van der Waals surface area (Å²) in [5.41, 5.74) is -9.24. The Bertz CT molecular complexity index is 2300. The van der Waals surface area contributed by atoms with Crippen LogP contribution >= 0.6 is 0 Å². The number of rotatable bonds is 10. The van der Waals surface area contributed by atoms with Gasteiger partial charge < -0.3 is 34.3 Å². The standard InChI is InChI=1S/C59H95FN4O10/c1-50(2)23-34(24-51(3,4)33-50)70-48(68)42-40(46(66)71-35-25-52(5,6)61-53(7,8)26-35)39(45(65)73-37-29-56(13,14)63(21)57(15,16)30-37)41(47(67)72-36-27-54(9,10)62-55(11,12)28-36)43(44(42)60)49(69)74-38-31-58(17,18)64(22)59(19,20)32-38/h34-38,61-62H,23-33H2,1-22H3. The van der Waals surface area contributed by atoms with Crippen LogP contribution in [-0.2, 0) is 23.7 Å². The highest BCUT2D eigenvalue weighted by atomic mass is 19.1. The summed E-state index contributed by atoms with van der Waals surface area (Å²) in [4.78, 5) is 82.1. The zero-order valence-electron chi connectivity index (χ0n) is 49.5. The second-order valence-corrected chi connectivity index (χ2v) is 30.0. The van der Waals surface area contributed by atoms with Crippen LogP contribution in [0.4, 0.5) is 4.39 Å². The highest BCUT2D eigenvalue weighted by molar-refractivity contribution is 6.19. The van der Waals surface area contributed by atoms with Crippen molar-refractivity contribution in [2.24, 2.45) is 10.8 Å². The van der Waals surface area contributed by atoms with Gasteiger partial charge in [-0.15, -0.1) is 0 Å². The third-order valence-corrected chi connectivity index (χ3v) is 17.2. The number of benzene rings is 1. The highest BCUT2D eigenvalue weighted by Gasteiger charge is 2.51. The van der Waals surface area contributed by atoms with Crippen molar-refractivity contribution in [2.45, 2.75) is 284 Å². The summed E-state index contributed by atoms with van der Waals surface area (Å²) in [5, 5.41) is 7.16. The summed E-state index contributed by atoms with van der Waals surface area (Å²) in [6.07, 6.45) is 0.378. The van der Waals surface area contributed by atoms with Gasteiger partial charge in [0.05, 0.1) is 16.7 Å². The van der Waals surface area contributed by atoms with Gasteiger partial charge in [-0.25, -0.2) is 28.4 Å². The first-order valence-corrected chi connectivity index (χ1v) is 27.3. The van der Waals surface area contributed by atoms with Gasteiger partial charge in [0.1, 0.15) is 41.6 Å². The summed E-state index contributed by atoms with van der Waals surface area (Å²) in [7, 11) is 4.00. The Kier molecular flexibility index (Phi) is 15.8. The first-order chi connectivity index (χ1) is 33.3. The van der Waals surface area contributed by atoms with E-state index in [1.807, 2.05) is 125 Å². The number of esters is 5. The summed E-state index contributed by atoms with van der Waals surface area (Å²) in [6, 6.07) is 0. The van der Waals surface area contributed by atoms with E-state index in [4.69, 9.17) is 23.7 Å². The number of halogens is 1. The van der Waals surface area contributed by atoms with Crippen LogP contribution in [0.25, 0.3) is 0 Å². The van der Waals surface area contributed by atoms with Crippen molar-refractivity contribution in [2.75, 3.05) is 14.1 Å². The molecular formula is C59H95FN4O10. The van der Waals surface area contributed by atoms with Crippen LogP contribution in [0.1, 0.15) is 261 Å². The van der Waals surface area contributed by atoms with Crippen LogP contribution in [0.5, 0.6) is 0 Å². The topological polar surface area (TPSA) is 162 Å². The Labute approximate surface area is 443 Å². The van der Waals surface area contributed by atoms with Crippen LogP contribution in [0.15, 0.2) is 0 Å². The molecule has 0 spiro atoms. The molecule has 0 aromatic heterocycles. The van der Waals surface area contributed by atoms with Gasteiger partial charge in [0.2, 0.25) is 0 Å². The minimum atomic E-state index is -1.55. The van der Waals surface area contributed by atoms with Gasteiger partial charge in [-0.3, -0.25) is 9.80 Å². The maximum absolute atomic E-state index is 18.8. The van der Waals surface area contributed by atoms with Gasteiger partial charge in [-0.1, -0.05) is 27.7 Å². The SMILES string of the molecule is CN1C(C)(C)CC(OC(=O)c2c(F)c(C(=O)OC3CC(C)(C)CC(C)(C)C3)c(C(=O)OC3CC(C)(C)NC(C)(C)C3)c(C(=O)OC3CC(C)(C)N(C)C(C)(C)C3)c2C(=O)OC2CC(C)(C)NC(C)(C)C2)CC1(C)C. The first kappa shape index (κ1) is 59.6. The smallest absolute Gasteiger partial charge is 0.342 e. The fourth-order valence-electron chi connectivity index (χ4n) is 14.9. The molecule has 418 valence electrons. The molecule has 4 heterocycles. The molecule has 14 nitrogen and oxygen atoms in total. The zero-order valence-corrected chi connectivity index (χ0v) is 49.5. The predicted octanol–water partition coefficient (Wildman–Crippen LogP) is 11.1. The van der Waals surface area contributed by atoms with E-state index in [2.05, 4.69) is 48.1 Å². The zero-order chi connectivity index (χ0) is 56.1. The lowest BCUT2D eigenvalue weighted by atomic mass is 9.64. The van der Waals surface area contributed by atoms with E-state index in [1.54, 1.807) is 0 Å². The normalized spacial score (nSPS) is 26.6. The Hall–Kier alpha value is -3.66. The van der Waals surface area contributed by atoms with Crippen molar-refractivity contribution in [3.8, 4) is 0 Å². The molecule has 1 aliphatic carbocycles. The van der Waals surface area contributed by atoms with Crippen molar-refractivity contribution >= 4 is 29.8 Å². The van der Waals surface area contributed by atoms with E-state index in [0.717, 1.165) is 6.42 Å². The molecule has 0 atom stereocenters.